The van der Waals surface area contributed by atoms with Crippen LogP contribution in [0.5, 0.6) is 0 Å². The van der Waals surface area contributed by atoms with Crippen LogP contribution in [-0.4, -0.2) is 20.1 Å². The summed E-state index contributed by atoms with van der Waals surface area (Å²) in [5.41, 5.74) is 2.77. The molecule has 0 aromatic heterocycles. The van der Waals surface area contributed by atoms with E-state index in [-0.39, 0.29) is 24.8 Å². The summed E-state index contributed by atoms with van der Waals surface area (Å²) < 4.78 is 0. The van der Waals surface area contributed by atoms with Gasteiger partial charge in [0.1, 0.15) is 0 Å². The normalized spacial score (nSPS) is 9.12. The van der Waals surface area contributed by atoms with Gasteiger partial charge in [-0.15, -0.1) is 24.8 Å². The van der Waals surface area contributed by atoms with Crippen LogP contribution in [0.3, 0.4) is 0 Å². The zero-order chi connectivity index (χ0) is 10.2. The molecule has 0 aliphatic heterocycles. The number of aryl methyl sites for hydroxylation is 1. The molecule has 0 spiro atoms. The predicted molar refractivity (Wildman–Crippen MR) is 75.9 cm³/mol. The summed E-state index contributed by atoms with van der Waals surface area (Å²) in [7, 11) is 1.99. The highest BCUT2D eigenvalue weighted by Gasteiger charge is 1.95. The molecule has 1 aromatic carbocycles. The van der Waals surface area contributed by atoms with E-state index in [1.54, 1.807) is 0 Å². The molecule has 0 saturated carbocycles. The molecular weight excluding hydrogens is 243 g/mol. The molecule has 4 heteroatoms. The number of halogens is 2. The number of hydrogen-bond donors (Lipinski definition) is 2. The Bertz CT molecular complexity index is 267. The number of nitrogens with one attached hydrogen (secondary N) is 2. The zero-order valence-corrected chi connectivity index (χ0v) is 11.6. The van der Waals surface area contributed by atoms with E-state index in [4.69, 9.17) is 0 Å². The lowest BCUT2D eigenvalue weighted by Gasteiger charge is -2.07. The van der Waals surface area contributed by atoms with E-state index < -0.39 is 0 Å². The van der Waals surface area contributed by atoms with Crippen LogP contribution in [0.15, 0.2) is 24.3 Å². The minimum Gasteiger partial charge on any atom is -0.320 e. The Balaban J connectivity index is 0. The fourth-order valence-corrected chi connectivity index (χ4v) is 1.42. The average Bonchev–Trinajstić information content (AvgIpc) is 2.20. The highest BCUT2D eigenvalue weighted by Crippen LogP contribution is 2.05. The van der Waals surface area contributed by atoms with Crippen molar-refractivity contribution in [1.29, 1.82) is 0 Å². The van der Waals surface area contributed by atoms with Gasteiger partial charge in [-0.1, -0.05) is 24.3 Å². The Hall–Kier alpha value is -0.280. The maximum Gasteiger partial charge on any atom is 0.0208 e. The Morgan fingerprint density at radius 1 is 1.06 bits per heavy atom. The van der Waals surface area contributed by atoms with Crippen molar-refractivity contribution in [2.75, 3.05) is 20.1 Å². The molecule has 1 rings (SSSR count). The van der Waals surface area contributed by atoms with Crippen LogP contribution in [-0.2, 0) is 6.54 Å². The Kier molecular flexibility index (Phi) is 12.7. The summed E-state index contributed by atoms with van der Waals surface area (Å²) >= 11 is 0. The number of benzene rings is 1. The molecule has 94 valence electrons. The van der Waals surface area contributed by atoms with Crippen LogP contribution in [0.25, 0.3) is 0 Å². The van der Waals surface area contributed by atoms with E-state index in [1.165, 1.54) is 17.5 Å². The maximum absolute atomic E-state index is 3.44. The fourth-order valence-electron chi connectivity index (χ4n) is 1.42. The summed E-state index contributed by atoms with van der Waals surface area (Å²) in [6.45, 7) is 5.30. The molecule has 0 radical (unpaired) electrons. The molecule has 0 saturated heterocycles. The van der Waals surface area contributed by atoms with Crippen molar-refractivity contribution in [3.63, 3.8) is 0 Å². The summed E-state index contributed by atoms with van der Waals surface area (Å²) in [6, 6.07) is 8.52. The highest BCUT2D eigenvalue weighted by molar-refractivity contribution is 5.85. The first-order valence-electron chi connectivity index (χ1n) is 5.24. The third-order valence-corrected chi connectivity index (χ3v) is 2.36. The van der Waals surface area contributed by atoms with Crippen molar-refractivity contribution >= 4 is 24.8 Å². The van der Waals surface area contributed by atoms with Crippen molar-refractivity contribution in [3.05, 3.63) is 35.4 Å². The van der Waals surface area contributed by atoms with Gasteiger partial charge in [0.2, 0.25) is 0 Å². The SMILES string of the molecule is CNCCCNCc1ccccc1C.Cl.Cl. The van der Waals surface area contributed by atoms with Gasteiger partial charge in [-0.2, -0.15) is 0 Å². The lowest BCUT2D eigenvalue weighted by atomic mass is 10.1. The fraction of sp³-hybridized carbons (Fsp3) is 0.500. The lowest BCUT2D eigenvalue weighted by Crippen LogP contribution is -2.19. The van der Waals surface area contributed by atoms with Crippen LogP contribution in [0.1, 0.15) is 17.5 Å². The van der Waals surface area contributed by atoms with Gasteiger partial charge >= 0.3 is 0 Å². The van der Waals surface area contributed by atoms with E-state index in [1.807, 2.05) is 7.05 Å². The molecule has 0 amide bonds. The van der Waals surface area contributed by atoms with Crippen molar-refractivity contribution in [3.8, 4) is 0 Å². The van der Waals surface area contributed by atoms with Gasteiger partial charge in [0.25, 0.3) is 0 Å². The van der Waals surface area contributed by atoms with Crippen molar-refractivity contribution in [1.82, 2.24) is 10.6 Å². The summed E-state index contributed by atoms with van der Waals surface area (Å²) in [6.07, 6.45) is 1.18. The topological polar surface area (TPSA) is 24.1 Å². The second-order valence-corrected chi connectivity index (χ2v) is 3.56. The summed E-state index contributed by atoms with van der Waals surface area (Å²) in [4.78, 5) is 0. The highest BCUT2D eigenvalue weighted by atomic mass is 35.5. The second-order valence-electron chi connectivity index (χ2n) is 3.56. The van der Waals surface area contributed by atoms with Gasteiger partial charge in [-0.3, -0.25) is 0 Å². The Morgan fingerprint density at radius 2 is 1.75 bits per heavy atom. The monoisotopic (exact) mass is 264 g/mol. The molecule has 0 heterocycles. The van der Waals surface area contributed by atoms with E-state index in [2.05, 4.69) is 41.8 Å². The quantitative estimate of drug-likeness (QED) is 0.772. The molecule has 1 aromatic rings. The van der Waals surface area contributed by atoms with E-state index >= 15 is 0 Å². The van der Waals surface area contributed by atoms with Crippen LogP contribution in [0, 0.1) is 6.92 Å². The van der Waals surface area contributed by atoms with Gasteiger partial charge in [0.05, 0.1) is 0 Å². The number of rotatable bonds is 6. The first-order valence-corrected chi connectivity index (χ1v) is 5.24. The second kappa shape index (κ2) is 11.2. The van der Waals surface area contributed by atoms with Crippen molar-refractivity contribution in [2.24, 2.45) is 0 Å². The standard InChI is InChI=1S/C12H20N2.2ClH/c1-11-6-3-4-7-12(11)10-14-9-5-8-13-2;;/h3-4,6-7,13-14H,5,8-10H2,1-2H3;2*1H. The van der Waals surface area contributed by atoms with Crippen molar-refractivity contribution in [2.45, 2.75) is 19.9 Å². The Morgan fingerprint density at radius 3 is 2.38 bits per heavy atom. The predicted octanol–water partition coefficient (Wildman–Crippen LogP) is 2.54. The van der Waals surface area contributed by atoms with E-state index in [9.17, 15) is 0 Å². The first-order chi connectivity index (χ1) is 6.84. The van der Waals surface area contributed by atoms with Gasteiger partial charge in [-0.05, 0) is 44.6 Å². The molecule has 0 atom stereocenters. The zero-order valence-electron chi connectivity index (χ0n) is 9.95. The molecule has 0 bridgehead atoms. The van der Waals surface area contributed by atoms with Crippen LogP contribution in [0.2, 0.25) is 0 Å². The van der Waals surface area contributed by atoms with Crippen molar-refractivity contribution < 1.29 is 0 Å². The molecule has 0 unspecified atom stereocenters. The van der Waals surface area contributed by atoms with Gasteiger partial charge in [-0.25, -0.2) is 0 Å². The third-order valence-electron chi connectivity index (χ3n) is 2.36. The minimum absolute atomic E-state index is 0. The summed E-state index contributed by atoms with van der Waals surface area (Å²) in [5, 5.41) is 6.58. The first kappa shape index (κ1) is 18.1. The molecular formula is C12H22Cl2N2. The Labute approximate surface area is 111 Å². The van der Waals surface area contributed by atoms with Gasteiger partial charge < -0.3 is 10.6 Å². The molecule has 0 fully saturated rings. The van der Waals surface area contributed by atoms with Crippen LogP contribution >= 0.6 is 24.8 Å². The maximum atomic E-state index is 3.44. The minimum atomic E-state index is 0. The molecule has 0 aliphatic carbocycles. The van der Waals surface area contributed by atoms with Crippen LogP contribution < -0.4 is 10.6 Å². The van der Waals surface area contributed by atoms with Gasteiger partial charge in [0, 0.05) is 6.54 Å². The number of hydrogen-bond acceptors (Lipinski definition) is 2. The van der Waals surface area contributed by atoms with E-state index in [0.29, 0.717) is 0 Å². The molecule has 2 N–H and O–H groups in total. The van der Waals surface area contributed by atoms with Crippen LogP contribution in [0.4, 0.5) is 0 Å². The van der Waals surface area contributed by atoms with Gasteiger partial charge in [0.15, 0.2) is 0 Å². The molecule has 2 nitrogen and oxygen atoms in total. The summed E-state index contributed by atoms with van der Waals surface area (Å²) in [5.74, 6) is 0. The smallest absolute Gasteiger partial charge is 0.0208 e. The lowest BCUT2D eigenvalue weighted by molar-refractivity contribution is 0.624. The van der Waals surface area contributed by atoms with E-state index in [0.717, 1.165) is 19.6 Å². The largest absolute Gasteiger partial charge is 0.320 e. The third kappa shape index (κ3) is 7.07. The molecule has 16 heavy (non-hydrogen) atoms. The molecule has 0 aliphatic rings. The average molecular weight is 265 g/mol.